The van der Waals surface area contributed by atoms with Crippen LogP contribution in [0.1, 0.15) is 36.7 Å². The fourth-order valence-corrected chi connectivity index (χ4v) is 3.45. The average Bonchev–Trinajstić information content (AvgIpc) is 3.34. The number of benzene rings is 1. The van der Waals surface area contributed by atoms with E-state index < -0.39 is 0 Å². The third-order valence-corrected chi connectivity index (χ3v) is 4.75. The Morgan fingerprint density at radius 1 is 1.24 bits per heavy atom. The zero-order valence-electron chi connectivity index (χ0n) is 14.0. The van der Waals surface area contributed by atoms with E-state index >= 15 is 0 Å². The van der Waals surface area contributed by atoms with Gasteiger partial charge in [0.05, 0.1) is 36.9 Å². The summed E-state index contributed by atoms with van der Waals surface area (Å²) in [6.45, 7) is 0.780. The van der Waals surface area contributed by atoms with Gasteiger partial charge in [-0.15, -0.1) is 0 Å². The van der Waals surface area contributed by atoms with Crippen molar-refractivity contribution >= 4 is 5.91 Å². The summed E-state index contributed by atoms with van der Waals surface area (Å²) in [7, 11) is 0. The topological polar surface area (TPSA) is 62.1 Å². The summed E-state index contributed by atoms with van der Waals surface area (Å²) in [5.74, 6) is 1.00. The number of carbonyl (C=O) groups is 1. The van der Waals surface area contributed by atoms with E-state index in [1.54, 1.807) is 12.5 Å². The molecular weight excluding hydrogens is 314 g/mol. The molecule has 0 unspecified atom stereocenters. The molecule has 25 heavy (non-hydrogen) atoms. The first-order valence-corrected chi connectivity index (χ1v) is 8.72. The first-order valence-electron chi connectivity index (χ1n) is 8.72. The Morgan fingerprint density at radius 2 is 2.12 bits per heavy atom. The Bertz CT molecular complexity index is 824. The molecule has 1 N–H and O–H groups in total. The van der Waals surface area contributed by atoms with Crippen LogP contribution in [0.2, 0.25) is 0 Å². The van der Waals surface area contributed by atoms with Gasteiger partial charge in [0.15, 0.2) is 0 Å². The third kappa shape index (κ3) is 3.36. The molecule has 2 aromatic heterocycles. The number of H-pyrrole nitrogens is 1. The molecule has 0 aliphatic carbocycles. The second-order valence-corrected chi connectivity index (χ2v) is 6.46. The molecule has 1 amide bonds. The largest absolute Gasteiger partial charge is 0.472 e. The van der Waals surface area contributed by atoms with Gasteiger partial charge in [-0.2, -0.15) is 0 Å². The molecule has 0 bridgehead atoms. The number of carbonyl (C=O) groups excluding carboxylic acids is 1. The maximum Gasteiger partial charge on any atom is 0.227 e. The molecule has 1 aromatic carbocycles. The highest BCUT2D eigenvalue weighted by Crippen LogP contribution is 2.31. The molecule has 1 saturated heterocycles. The number of imidazole rings is 1. The van der Waals surface area contributed by atoms with Crippen molar-refractivity contribution in [2.75, 3.05) is 6.54 Å². The SMILES string of the molecule is O=C(Cc1ccoc1)N1CCCC[C@H]1c1ncc(-c2ccccc2)[nH]1. The summed E-state index contributed by atoms with van der Waals surface area (Å²) in [5.41, 5.74) is 3.01. The summed E-state index contributed by atoms with van der Waals surface area (Å²) in [5, 5.41) is 0. The number of nitrogens with zero attached hydrogens (tertiary/aromatic N) is 2. The normalized spacial score (nSPS) is 17.6. The maximum absolute atomic E-state index is 12.8. The van der Waals surface area contributed by atoms with Gasteiger partial charge in [-0.3, -0.25) is 4.79 Å². The lowest BCUT2D eigenvalue weighted by molar-refractivity contribution is -0.134. The average molecular weight is 335 g/mol. The Morgan fingerprint density at radius 3 is 2.92 bits per heavy atom. The van der Waals surface area contributed by atoms with Crippen molar-refractivity contribution in [3.63, 3.8) is 0 Å². The van der Waals surface area contributed by atoms with Crippen molar-refractivity contribution in [3.8, 4) is 11.3 Å². The van der Waals surface area contributed by atoms with Gasteiger partial charge in [0, 0.05) is 6.54 Å². The van der Waals surface area contributed by atoms with Crippen LogP contribution >= 0.6 is 0 Å². The van der Waals surface area contributed by atoms with Crippen LogP contribution in [0.15, 0.2) is 59.5 Å². The van der Waals surface area contributed by atoms with Crippen LogP contribution in [-0.2, 0) is 11.2 Å². The van der Waals surface area contributed by atoms with Crippen LogP contribution < -0.4 is 0 Å². The standard InChI is InChI=1S/C20H21N3O2/c24-19(12-15-9-11-25-14-15)23-10-5-4-8-18(23)20-21-13-17(22-20)16-6-2-1-3-7-16/h1-3,6-7,9,11,13-14,18H,4-5,8,10,12H2,(H,21,22)/t18-/m0/s1. The molecule has 1 aliphatic heterocycles. The summed E-state index contributed by atoms with van der Waals surface area (Å²) < 4.78 is 5.08. The zero-order valence-corrected chi connectivity index (χ0v) is 14.0. The van der Waals surface area contributed by atoms with Crippen molar-refractivity contribution in [3.05, 3.63) is 66.5 Å². The Hall–Kier alpha value is -2.82. The molecule has 1 atom stereocenters. The van der Waals surface area contributed by atoms with Gasteiger partial charge in [0.25, 0.3) is 0 Å². The van der Waals surface area contributed by atoms with Gasteiger partial charge in [-0.25, -0.2) is 4.98 Å². The predicted molar refractivity (Wildman–Crippen MR) is 94.7 cm³/mol. The van der Waals surface area contributed by atoms with Crippen LogP contribution in [0, 0.1) is 0 Å². The molecule has 5 nitrogen and oxygen atoms in total. The molecule has 3 heterocycles. The number of aromatic nitrogens is 2. The molecule has 0 spiro atoms. The van der Waals surface area contributed by atoms with Crippen LogP contribution in [0.5, 0.6) is 0 Å². The summed E-state index contributed by atoms with van der Waals surface area (Å²) in [6.07, 6.45) is 8.57. The molecule has 3 aromatic rings. The number of hydrogen-bond acceptors (Lipinski definition) is 3. The molecule has 1 aliphatic rings. The monoisotopic (exact) mass is 335 g/mol. The third-order valence-electron chi connectivity index (χ3n) is 4.75. The van der Waals surface area contributed by atoms with Gasteiger partial charge >= 0.3 is 0 Å². The number of rotatable bonds is 4. The zero-order chi connectivity index (χ0) is 17.1. The van der Waals surface area contributed by atoms with Gasteiger partial charge < -0.3 is 14.3 Å². The van der Waals surface area contributed by atoms with E-state index in [-0.39, 0.29) is 11.9 Å². The second-order valence-electron chi connectivity index (χ2n) is 6.46. The molecular formula is C20H21N3O2. The minimum Gasteiger partial charge on any atom is -0.472 e. The molecule has 0 saturated carbocycles. The van der Waals surface area contributed by atoms with Gasteiger partial charge in [0.1, 0.15) is 5.82 Å². The van der Waals surface area contributed by atoms with Gasteiger partial charge in [-0.1, -0.05) is 30.3 Å². The Labute approximate surface area is 146 Å². The number of likely N-dealkylation sites (tertiary alicyclic amines) is 1. The quantitative estimate of drug-likeness (QED) is 0.785. The Balaban J connectivity index is 1.55. The highest BCUT2D eigenvalue weighted by Gasteiger charge is 2.30. The van der Waals surface area contributed by atoms with Gasteiger partial charge in [0.2, 0.25) is 5.91 Å². The van der Waals surface area contributed by atoms with Crippen molar-refractivity contribution in [1.82, 2.24) is 14.9 Å². The van der Waals surface area contributed by atoms with E-state index in [4.69, 9.17) is 4.42 Å². The second kappa shape index (κ2) is 6.97. The number of piperidine rings is 1. The minimum atomic E-state index is 0.0191. The lowest BCUT2D eigenvalue weighted by Crippen LogP contribution is -2.39. The van der Waals surface area contributed by atoms with Crippen LogP contribution in [0.3, 0.4) is 0 Å². The smallest absolute Gasteiger partial charge is 0.227 e. The predicted octanol–water partition coefficient (Wildman–Crippen LogP) is 3.97. The number of hydrogen-bond donors (Lipinski definition) is 1. The van der Waals surface area contributed by atoms with Crippen LogP contribution in [0.25, 0.3) is 11.3 Å². The first kappa shape index (κ1) is 15.7. The lowest BCUT2D eigenvalue weighted by Gasteiger charge is -2.34. The van der Waals surface area contributed by atoms with E-state index in [9.17, 15) is 4.79 Å². The summed E-state index contributed by atoms with van der Waals surface area (Å²) in [4.78, 5) is 22.7. The fourth-order valence-electron chi connectivity index (χ4n) is 3.45. The van der Waals surface area contributed by atoms with Crippen molar-refractivity contribution in [1.29, 1.82) is 0 Å². The number of furan rings is 1. The summed E-state index contributed by atoms with van der Waals surface area (Å²) in [6, 6.07) is 12.0. The lowest BCUT2D eigenvalue weighted by atomic mass is 10.0. The van der Waals surface area contributed by atoms with E-state index in [0.29, 0.717) is 6.42 Å². The fraction of sp³-hybridized carbons (Fsp3) is 0.300. The molecule has 1 fully saturated rings. The summed E-state index contributed by atoms with van der Waals surface area (Å²) >= 11 is 0. The highest BCUT2D eigenvalue weighted by atomic mass is 16.3. The van der Waals surface area contributed by atoms with E-state index in [0.717, 1.165) is 48.5 Å². The first-order chi connectivity index (χ1) is 12.3. The molecule has 4 rings (SSSR count). The van der Waals surface area contributed by atoms with E-state index in [1.807, 2.05) is 35.4 Å². The van der Waals surface area contributed by atoms with Crippen molar-refractivity contribution in [2.45, 2.75) is 31.7 Å². The highest BCUT2D eigenvalue weighted by molar-refractivity contribution is 5.79. The minimum absolute atomic E-state index is 0.0191. The van der Waals surface area contributed by atoms with Crippen LogP contribution in [-0.4, -0.2) is 27.3 Å². The molecule has 128 valence electrons. The van der Waals surface area contributed by atoms with Crippen molar-refractivity contribution in [2.24, 2.45) is 0 Å². The van der Waals surface area contributed by atoms with Crippen molar-refractivity contribution < 1.29 is 9.21 Å². The van der Waals surface area contributed by atoms with Gasteiger partial charge in [-0.05, 0) is 36.5 Å². The number of nitrogens with one attached hydrogen (secondary N) is 1. The number of aromatic amines is 1. The van der Waals surface area contributed by atoms with E-state index in [1.165, 1.54) is 0 Å². The molecule has 0 radical (unpaired) electrons. The Kier molecular flexibility index (Phi) is 4.37. The van der Waals surface area contributed by atoms with E-state index in [2.05, 4.69) is 22.1 Å². The molecule has 5 heteroatoms. The maximum atomic E-state index is 12.8. The number of amides is 1. The van der Waals surface area contributed by atoms with Crippen LogP contribution in [0.4, 0.5) is 0 Å².